The number of halogens is 1. The molecule has 3 aliphatic heterocycles. The molecule has 30 heavy (non-hydrogen) atoms. The number of benzene rings is 2. The highest BCUT2D eigenvalue weighted by Crippen LogP contribution is 2.39. The molecule has 2 saturated heterocycles. The Bertz CT molecular complexity index is 995. The van der Waals surface area contributed by atoms with E-state index in [9.17, 15) is 9.59 Å². The maximum Gasteiger partial charge on any atom is 0.228 e. The predicted molar refractivity (Wildman–Crippen MR) is 113 cm³/mol. The van der Waals surface area contributed by atoms with Crippen molar-refractivity contribution in [2.45, 2.75) is 25.3 Å². The number of likely N-dealkylation sites (tertiary alicyclic amines) is 1. The molecule has 0 radical (unpaired) electrons. The molecule has 0 aliphatic carbocycles. The van der Waals surface area contributed by atoms with E-state index in [1.807, 2.05) is 35.2 Å². The third-order valence-electron chi connectivity index (χ3n) is 6.08. The number of rotatable bonds is 3. The molecular weight excluding hydrogens is 404 g/mol. The first-order valence-corrected chi connectivity index (χ1v) is 10.7. The van der Waals surface area contributed by atoms with Gasteiger partial charge in [-0.15, -0.1) is 0 Å². The largest absolute Gasteiger partial charge is 0.486 e. The molecule has 3 aliphatic rings. The van der Waals surface area contributed by atoms with Crippen LogP contribution in [0.25, 0.3) is 0 Å². The SMILES string of the molecule is O=C1CC(C(=O)N2CCCC2c2ccc3c(c2)OCCO3)CN1c1cccc(Cl)c1. The van der Waals surface area contributed by atoms with E-state index >= 15 is 0 Å². The lowest BCUT2D eigenvalue weighted by molar-refractivity contribution is -0.136. The molecule has 2 amide bonds. The second-order valence-corrected chi connectivity index (χ2v) is 8.41. The van der Waals surface area contributed by atoms with Gasteiger partial charge in [0.05, 0.1) is 12.0 Å². The molecule has 5 rings (SSSR count). The molecule has 0 saturated carbocycles. The summed E-state index contributed by atoms with van der Waals surface area (Å²) in [6.45, 7) is 2.19. The fraction of sp³-hybridized carbons (Fsp3) is 0.391. The van der Waals surface area contributed by atoms with E-state index in [4.69, 9.17) is 21.1 Å². The summed E-state index contributed by atoms with van der Waals surface area (Å²) in [5, 5.41) is 0.577. The van der Waals surface area contributed by atoms with Gasteiger partial charge in [-0.2, -0.15) is 0 Å². The van der Waals surface area contributed by atoms with E-state index < -0.39 is 0 Å². The van der Waals surface area contributed by atoms with Gasteiger partial charge in [-0.05, 0) is 48.7 Å². The van der Waals surface area contributed by atoms with Crippen molar-refractivity contribution in [3.63, 3.8) is 0 Å². The molecule has 2 atom stereocenters. The Hall–Kier alpha value is -2.73. The minimum absolute atomic E-state index is 0.00338. The maximum absolute atomic E-state index is 13.4. The number of carbonyl (C=O) groups excluding carboxylic acids is 2. The Kier molecular flexibility index (Phi) is 5.03. The van der Waals surface area contributed by atoms with Crippen LogP contribution in [0.1, 0.15) is 30.9 Å². The van der Waals surface area contributed by atoms with Gasteiger partial charge in [-0.1, -0.05) is 23.7 Å². The average Bonchev–Trinajstić information content (AvgIpc) is 3.40. The molecular formula is C23H23ClN2O4. The van der Waals surface area contributed by atoms with E-state index in [-0.39, 0.29) is 30.2 Å². The molecule has 0 aromatic heterocycles. The van der Waals surface area contributed by atoms with Crippen molar-refractivity contribution in [3.05, 3.63) is 53.1 Å². The second-order valence-electron chi connectivity index (χ2n) is 7.98. The van der Waals surface area contributed by atoms with E-state index in [2.05, 4.69) is 0 Å². The van der Waals surface area contributed by atoms with Gasteiger partial charge >= 0.3 is 0 Å². The number of fused-ring (bicyclic) bond motifs is 1. The first-order valence-electron chi connectivity index (χ1n) is 10.4. The van der Waals surface area contributed by atoms with Crippen LogP contribution in [0.4, 0.5) is 5.69 Å². The number of anilines is 1. The zero-order valence-corrected chi connectivity index (χ0v) is 17.3. The van der Waals surface area contributed by atoms with Crippen LogP contribution < -0.4 is 14.4 Å². The highest BCUT2D eigenvalue weighted by atomic mass is 35.5. The summed E-state index contributed by atoms with van der Waals surface area (Å²) in [6, 6.07) is 13.1. The standard InChI is InChI=1S/C23H23ClN2O4/c24-17-3-1-4-18(13-17)26-14-16(12-22(26)27)23(28)25-8-2-5-19(25)15-6-7-20-21(11-15)30-10-9-29-20/h1,3-4,6-7,11,13,16,19H,2,5,8-10,12,14H2. The summed E-state index contributed by atoms with van der Waals surface area (Å²) in [7, 11) is 0. The number of nitrogens with zero attached hydrogens (tertiary/aromatic N) is 2. The van der Waals surface area contributed by atoms with Crippen LogP contribution >= 0.6 is 11.6 Å². The van der Waals surface area contributed by atoms with Gasteiger partial charge in [0.15, 0.2) is 11.5 Å². The van der Waals surface area contributed by atoms with Crippen LogP contribution in [0.3, 0.4) is 0 Å². The second kappa shape index (κ2) is 7.84. The fourth-order valence-corrected chi connectivity index (χ4v) is 4.83. The van der Waals surface area contributed by atoms with Crippen molar-refractivity contribution >= 4 is 29.1 Å². The number of hydrogen-bond acceptors (Lipinski definition) is 4. The lowest BCUT2D eigenvalue weighted by Gasteiger charge is -2.28. The summed E-state index contributed by atoms with van der Waals surface area (Å²) in [6.07, 6.45) is 2.09. The van der Waals surface area contributed by atoms with Crippen LogP contribution in [0.2, 0.25) is 5.02 Å². The quantitative estimate of drug-likeness (QED) is 0.748. The van der Waals surface area contributed by atoms with Gasteiger partial charge in [0.1, 0.15) is 13.2 Å². The predicted octanol–water partition coefficient (Wildman–Crippen LogP) is 3.83. The Morgan fingerprint density at radius 2 is 1.90 bits per heavy atom. The molecule has 0 N–H and O–H groups in total. The average molecular weight is 427 g/mol. The minimum atomic E-state index is -0.339. The molecule has 6 nitrogen and oxygen atoms in total. The minimum Gasteiger partial charge on any atom is -0.486 e. The Morgan fingerprint density at radius 1 is 1.07 bits per heavy atom. The smallest absolute Gasteiger partial charge is 0.228 e. The third kappa shape index (κ3) is 3.49. The van der Waals surface area contributed by atoms with Gasteiger partial charge in [-0.25, -0.2) is 0 Å². The summed E-state index contributed by atoms with van der Waals surface area (Å²) in [5.41, 5.74) is 1.80. The van der Waals surface area contributed by atoms with Crippen molar-refractivity contribution < 1.29 is 19.1 Å². The summed E-state index contributed by atoms with van der Waals surface area (Å²) >= 11 is 6.08. The molecule has 2 fully saturated rings. The van der Waals surface area contributed by atoms with E-state index in [0.29, 0.717) is 31.3 Å². The van der Waals surface area contributed by atoms with E-state index in [0.717, 1.165) is 35.6 Å². The molecule has 7 heteroatoms. The number of ether oxygens (including phenoxy) is 2. The van der Waals surface area contributed by atoms with Crippen LogP contribution in [0.5, 0.6) is 11.5 Å². The van der Waals surface area contributed by atoms with Gasteiger partial charge in [0.25, 0.3) is 0 Å². The lowest BCUT2D eigenvalue weighted by atomic mass is 10.0. The molecule has 2 aromatic carbocycles. The molecule has 3 heterocycles. The monoisotopic (exact) mass is 426 g/mol. The molecule has 2 aromatic rings. The third-order valence-corrected chi connectivity index (χ3v) is 6.32. The van der Waals surface area contributed by atoms with Crippen molar-refractivity contribution in [1.29, 1.82) is 0 Å². The van der Waals surface area contributed by atoms with Crippen LogP contribution in [-0.4, -0.2) is 43.0 Å². The van der Waals surface area contributed by atoms with Crippen molar-refractivity contribution in [3.8, 4) is 11.5 Å². The van der Waals surface area contributed by atoms with Crippen LogP contribution in [0, 0.1) is 5.92 Å². The van der Waals surface area contributed by atoms with E-state index in [1.54, 1.807) is 17.0 Å². The highest BCUT2D eigenvalue weighted by Gasteiger charge is 2.40. The highest BCUT2D eigenvalue weighted by molar-refractivity contribution is 6.31. The number of hydrogen-bond donors (Lipinski definition) is 0. The lowest BCUT2D eigenvalue weighted by Crippen LogP contribution is -2.37. The molecule has 156 valence electrons. The Labute approximate surface area is 180 Å². The van der Waals surface area contributed by atoms with Gasteiger partial charge in [0.2, 0.25) is 11.8 Å². The van der Waals surface area contributed by atoms with Crippen LogP contribution in [0.15, 0.2) is 42.5 Å². The van der Waals surface area contributed by atoms with Crippen molar-refractivity contribution in [1.82, 2.24) is 4.90 Å². The topological polar surface area (TPSA) is 59.1 Å². The zero-order chi connectivity index (χ0) is 20.7. The molecule has 0 spiro atoms. The summed E-state index contributed by atoms with van der Waals surface area (Å²) in [5.74, 6) is 1.16. The van der Waals surface area contributed by atoms with Crippen molar-refractivity contribution in [2.75, 3.05) is 31.2 Å². The first kappa shape index (κ1) is 19.2. The normalized spacial score (nSPS) is 23.2. The number of carbonyl (C=O) groups is 2. The van der Waals surface area contributed by atoms with E-state index in [1.165, 1.54) is 0 Å². The molecule has 0 bridgehead atoms. The van der Waals surface area contributed by atoms with Crippen LogP contribution in [-0.2, 0) is 9.59 Å². The fourth-order valence-electron chi connectivity index (χ4n) is 4.65. The Morgan fingerprint density at radius 3 is 2.73 bits per heavy atom. The summed E-state index contributed by atoms with van der Waals surface area (Å²) in [4.78, 5) is 29.6. The molecule has 2 unspecified atom stereocenters. The maximum atomic E-state index is 13.4. The van der Waals surface area contributed by atoms with Gasteiger partial charge in [-0.3, -0.25) is 9.59 Å². The number of amides is 2. The van der Waals surface area contributed by atoms with Crippen molar-refractivity contribution in [2.24, 2.45) is 5.92 Å². The first-order chi connectivity index (χ1) is 14.6. The summed E-state index contributed by atoms with van der Waals surface area (Å²) < 4.78 is 11.3. The van der Waals surface area contributed by atoms with Gasteiger partial charge < -0.3 is 19.3 Å². The Balaban J connectivity index is 1.34. The van der Waals surface area contributed by atoms with Gasteiger partial charge in [0, 0.05) is 30.2 Å². The zero-order valence-electron chi connectivity index (χ0n) is 16.6.